The first-order chi connectivity index (χ1) is 15.1. The standard InChI is InChI=1S/C26H25N3O2/c1-3-29(4-2)26(31)19-14-16-20(17-15-19)27-24(18-10-6-5-7-11-18)23-21-12-8-9-13-22(21)28-25(23)30/h5-17,28,30H,3-4H2,1-2H3. The van der Waals surface area contributed by atoms with Crippen LogP contribution in [0.5, 0.6) is 5.88 Å². The summed E-state index contributed by atoms with van der Waals surface area (Å²) in [7, 11) is 0. The number of aromatic hydroxyl groups is 1. The molecule has 0 aliphatic heterocycles. The molecule has 156 valence electrons. The number of nitrogens with zero attached hydrogens (tertiary/aromatic N) is 2. The molecule has 1 aromatic heterocycles. The van der Waals surface area contributed by atoms with Gasteiger partial charge in [0.15, 0.2) is 5.88 Å². The van der Waals surface area contributed by atoms with E-state index >= 15 is 0 Å². The van der Waals surface area contributed by atoms with Crippen molar-refractivity contribution < 1.29 is 9.90 Å². The number of carbonyl (C=O) groups excluding carboxylic acids is 1. The lowest BCUT2D eigenvalue weighted by Crippen LogP contribution is -2.30. The second-order valence-corrected chi connectivity index (χ2v) is 7.24. The summed E-state index contributed by atoms with van der Waals surface area (Å²) in [6.45, 7) is 5.29. The molecule has 1 heterocycles. The van der Waals surface area contributed by atoms with E-state index in [1.165, 1.54) is 0 Å². The largest absolute Gasteiger partial charge is 0.494 e. The molecule has 0 fully saturated rings. The summed E-state index contributed by atoms with van der Waals surface area (Å²) in [6, 6.07) is 24.8. The van der Waals surface area contributed by atoms with Crippen molar-refractivity contribution in [1.82, 2.24) is 9.88 Å². The third kappa shape index (κ3) is 4.08. The van der Waals surface area contributed by atoms with Gasteiger partial charge < -0.3 is 15.0 Å². The highest BCUT2D eigenvalue weighted by atomic mass is 16.3. The molecular formula is C26H25N3O2. The molecule has 1 amide bonds. The fourth-order valence-electron chi connectivity index (χ4n) is 3.73. The van der Waals surface area contributed by atoms with Gasteiger partial charge in [0.1, 0.15) is 0 Å². The van der Waals surface area contributed by atoms with E-state index < -0.39 is 0 Å². The van der Waals surface area contributed by atoms with Crippen LogP contribution in [0.1, 0.15) is 35.3 Å². The fourth-order valence-corrected chi connectivity index (χ4v) is 3.73. The monoisotopic (exact) mass is 411 g/mol. The van der Waals surface area contributed by atoms with E-state index in [0.717, 1.165) is 16.5 Å². The number of rotatable bonds is 6. The van der Waals surface area contributed by atoms with Gasteiger partial charge in [-0.3, -0.25) is 4.79 Å². The fraction of sp³-hybridized carbons (Fsp3) is 0.154. The Balaban J connectivity index is 1.80. The van der Waals surface area contributed by atoms with E-state index in [4.69, 9.17) is 4.99 Å². The van der Waals surface area contributed by atoms with Gasteiger partial charge in [0, 0.05) is 35.1 Å². The molecule has 0 bridgehead atoms. The third-order valence-electron chi connectivity index (χ3n) is 5.38. The van der Waals surface area contributed by atoms with Gasteiger partial charge >= 0.3 is 0 Å². The SMILES string of the molecule is CCN(CC)C(=O)c1ccc(N=C(c2ccccc2)c2c(O)[nH]c3ccccc23)cc1. The number of aromatic nitrogens is 1. The summed E-state index contributed by atoms with van der Waals surface area (Å²) in [5.74, 6) is 0.0928. The molecule has 4 aromatic rings. The number of hydrogen-bond acceptors (Lipinski definition) is 3. The van der Waals surface area contributed by atoms with Crippen molar-refractivity contribution in [3.8, 4) is 5.88 Å². The highest BCUT2D eigenvalue weighted by Crippen LogP contribution is 2.31. The van der Waals surface area contributed by atoms with E-state index in [1.807, 2.05) is 80.6 Å². The maximum Gasteiger partial charge on any atom is 0.253 e. The van der Waals surface area contributed by atoms with Crippen molar-refractivity contribution in [2.24, 2.45) is 4.99 Å². The summed E-state index contributed by atoms with van der Waals surface area (Å²) in [6.07, 6.45) is 0. The number of para-hydroxylation sites is 1. The quantitative estimate of drug-likeness (QED) is 0.410. The van der Waals surface area contributed by atoms with Crippen LogP contribution in [-0.4, -0.2) is 39.7 Å². The van der Waals surface area contributed by atoms with Crippen LogP contribution in [0.2, 0.25) is 0 Å². The van der Waals surface area contributed by atoms with E-state index in [0.29, 0.717) is 35.6 Å². The average molecular weight is 412 g/mol. The molecule has 0 spiro atoms. The van der Waals surface area contributed by atoms with Crippen molar-refractivity contribution in [2.45, 2.75) is 13.8 Å². The van der Waals surface area contributed by atoms with Crippen LogP contribution in [0.15, 0.2) is 83.9 Å². The zero-order valence-electron chi connectivity index (χ0n) is 17.7. The topological polar surface area (TPSA) is 68.7 Å². The van der Waals surface area contributed by atoms with Crippen LogP contribution in [0.4, 0.5) is 5.69 Å². The summed E-state index contributed by atoms with van der Waals surface area (Å²) in [4.78, 5) is 22.3. The Morgan fingerprint density at radius 2 is 1.52 bits per heavy atom. The van der Waals surface area contributed by atoms with Crippen LogP contribution in [-0.2, 0) is 0 Å². The zero-order valence-corrected chi connectivity index (χ0v) is 17.7. The maximum atomic E-state index is 12.6. The molecule has 0 aliphatic rings. The number of fused-ring (bicyclic) bond motifs is 1. The normalized spacial score (nSPS) is 11.6. The molecule has 5 nitrogen and oxygen atoms in total. The number of aromatic amines is 1. The number of H-pyrrole nitrogens is 1. The first-order valence-electron chi connectivity index (χ1n) is 10.5. The maximum absolute atomic E-state index is 12.6. The van der Waals surface area contributed by atoms with Gasteiger partial charge in [0.05, 0.1) is 17.0 Å². The van der Waals surface area contributed by atoms with Gasteiger partial charge in [-0.2, -0.15) is 0 Å². The third-order valence-corrected chi connectivity index (χ3v) is 5.38. The predicted octanol–water partition coefficient (Wildman–Crippen LogP) is 5.52. The first-order valence-corrected chi connectivity index (χ1v) is 10.5. The second-order valence-electron chi connectivity index (χ2n) is 7.24. The van der Waals surface area contributed by atoms with Crippen molar-refractivity contribution in [3.05, 3.63) is 95.6 Å². The Bertz CT molecular complexity index is 1220. The molecule has 0 atom stereocenters. The van der Waals surface area contributed by atoms with Crippen LogP contribution < -0.4 is 0 Å². The second kappa shape index (κ2) is 8.88. The smallest absolute Gasteiger partial charge is 0.253 e. The van der Waals surface area contributed by atoms with E-state index in [1.54, 1.807) is 17.0 Å². The van der Waals surface area contributed by atoms with Crippen LogP contribution in [0.3, 0.4) is 0 Å². The highest BCUT2D eigenvalue weighted by Gasteiger charge is 2.18. The van der Waals surface area contributed by atoms with Gasteiger partial charge in [0.2, 0.25) is 0 Å². The molecule has 31 heavy (non-hydrogen) atoms. The van der Waals surface area contributed by atoms with E-state index in [9.17, 15) is 9.90 Å². The first kappa shape index (κ1) is 20.4. The summed E-state index contributed by atoms with van der Waals surface area (Å²) in [5.41, 5.74) is 4.41. The minimum Gasteiger partial charge on any atom is -0.494 e. The van der Waals surface area contributed by atoms with Gasteiger partial charge in [-0.05, 0) is 44.2 Å². The molecule has 3 aromatic carbocycles. The van der Waals surface area contributed by atoms with Crippen molar-refractivity contribution in [3.63, 3.8) is 0 Å². The minimum absolute atomic E-state index is 0.0121. The Hall–Kier alpha value is -3.86. The molecule has 0 saturated carbocycles. The number of hydrogen-bond donors (Lipinski definition) is 2. The lowest BCUT2D eigenvalue weighted by atomic mass is 10.0. The Morgan fingerprint density at radius 3 is 2.19 bits per heavy atom. The lowest BCUT2D eigenvalue weighted by molar-refractivity contribution is 0.0773. The summed E-state index contributed by atoms with van der Waals surface area (Å²) >= 11 is 0. The van der Waals surface area contributed by atoms with Crippen LogP contribution in [0, 0.1) is 0 Å². The molecular weight excluding hydrogens is 386 g/mol. The summed E-state index contributed by atoms with van der Waals surface area (Å²) in [5, 5.41) is 11.6. The van der Waals surface area contributed by atoms with Crippen LogP contribution >= 0.6 is 0 Å². The molecule has 4 rings (SSSR count). The molecule has 0 unspecified atom stereocenters. The van der Waals surface area contributed by atoms with E-state index in [-0.39, 0.29) is 11.8 Å². The van der Waals surface area contributed by atoms with Crippen molar-refractivity contribution in [1.29, 1.82) is 0 Å². The minimum atomic E-state index is 0.0121. The molecule has 0 radical (unpaired) electrons. The van der Waals surface area contributed by atoms with Gasteiger partial charge in [-0.25, -0.2) is 4.99 Å². The van der Waals surface area contributed by atoms with Gasteiger partial charge in [0.25, 0.3) is 5.91 Å². The average Bonchev–Trinajstić information content (AvgIpc) is 3.14. The lowest BCUT2D eigenvalue weighted by Gasteiger charge is -2.18. The van der Waals surface area contributed by atoms with Crippen molar-refractivity contribution >= 4 is 28.2 Å². The number of nitrogens with one attached hydrogen (secondary N) is 1. The Labute approximate surface area is 181 Å². The number of carbonyl (C=O) groups is 1. The highest BCUT2D eigenvalue weighted by molar-refractivity contribution is 6.21. The zero-order chi connectivity index (χ0) is 21.8. The number of aliphatic imine (C=N–C) groups is 1. The molecule has 0 aliphatic carbocycles. The number of amides is 1. The Morgan fingerprint density at radius 1 is 0.871 bits per heavy atom. The van der Waals surface area contributed by atoms with Gasteiger partial charge in [-0.1, -0.05) is 48.5 Å². The Kier molecular flexibility index (Phi) is 5.85. The predicted molar refractivity (Wildman–Crippen MR) is 125 cm³/mol. The number of benzene rings is 3. The molecule has 5 heteroatoms. The summed E-state index contributed by atoms with van der Waals surface area (Å²) < 4.78 is 0. The van der Waals surface area contributed by atoms with Crippen molar-refractivity contribution in [2.75, 3.05) is 13.1 Å². The molecule has 0 saturated heterocycles. The van der Waals surface area contributed by atoms with Crippen LogP contribution in [0.25, 0.3) is 10.9 Å². The van der Waals surface area contributed by atoms with E-state index in [2.05, 4.69) is 4.98 Å². The molecule has 2 N–H and O–H groups in total. The van der Waals surface area contributed by atoms with Gasteiger partial charge in [-0.15, -0.1) is 0 Å².